The van der Waals surface area contributed by atoms with E-state index >= 15 is 0 Å². The van der Waals surface area contributed by atoms with Crippen LogP contribution in [0.3, 0.4) is 0 Å². The summed E-state index contributed by atoms with van der Waals surface area (Å²) in [6.07, 6.45) is 3.05. The van der Waals surface area contributed by atoms with Crippen LogP contribution in [0.15, 0.2) is 39.8 Å². The van der Waals surface area contributed by atoms with Crippen LogP contribution in [0.25, 0.3) is 10.9 Å². The van der Waals surface area contributed by atoms with E-state index in [2.05, 4.69) is 15.1 Å². The number of para-hydroxylation sites is 1. The van der Waals surface area contributed by atoms with E-state index in [0.29, 0.717) is 34.6 Å². The fourth-order valence-corrected chi connectivity index (χ4v) is 3.22. The lowest BCUT2D eigenvalue weighted by atomic mass is 10.1. The summed E-state index contributed by atoms with van der Waals surface area (Å²) in [4.78, 5) is 34.2. The number of benzene rings is 1. The van der Waals surface area contributed by atoms with Crippen molar-refractivity contribution in [1.82, 2.24) is 20.0 Å². The van der Waals surface area contributed by atoms with E-state index in [-0.39, 0.29) is 17.5 Å². The molecule has 1 saturated heterocycles. The van der Waals surface area contributed by atoms with Crippen molar-refractivity contribution < 1.29 is 9.32 Å². The Kier molecular flexibility index (Phi) is 3.41. The van der Waals surface area contributed by atoms with Gasteiger partial charge in [-0.3, -0.25) is 9.59 Å². The first-order valence-corrected chi connectivity index (χ1v) is 7.86. The Labute approximate surface area is 137 Å². The molecule has 1 N–H and O–H groups in total. The summed E-state index contributed by atoms with van der Waals surface area (Å²) >= 11 is 0. The summed E-state index contributed by atoms with van der Waals surface area (Å²) in [5, 5.41) is 4.22. The van der Waals surface area contributed by atoms with Crippen molar-refractivity contribution in [2.75, 3.05) is 6.54 Å². The Morgan fingerprint density at radius 2 is 2.21 bits per heavy atom. The Bertz CT molecular complexity index is 975. The van der Waals surface area contributed by atoms with Crippen molar-refractivity contribution in [3.05, 3.63) is 58.0 Å². The number of fused-ring (bicyclic) bond motifs is 1. The van der Waals surface area contributed by atoms with Crippen LogP contribution in [0, 0.1) is 6.92 Å². The molecule has 4 rings (SSSR count). The Morgan fingerprint density at radius 3 is 3.00 bits per heavy atom. The number of aryl methyl sites for hydroxylation is 1. The molecule has 1 aliphatic rings. The Balaban J connectivity index is 1.74. The number of aromatic amines is 1. The minimum Gasteiger partial charge on any atom is -0.361 e. The van der Waals surface area contributed by atoms with Crippen LogP contribution in [0.4, 0.5) is 0 Å². The second-order valence-electron chi connectivity index (χ2n) is 5.92. The second-order valence-corrected chi connectivity index (χ2v) is 5.92. The minimum atomic E-state index is -0.246. The highest BCUT2D eigenvalue weighted by Crippen LogP contribution is 2.31. The van der Waals surface area contributed by atoms with Crippen molar-refractivity contribution in [2.45, 2.75) is 25.8 Å². The molecule has 3 aromatic rings. The molecule has 0 saturated carbocycles. The van der Waals surface area contributed by atoms with E-state index in [0.717, 1.165) is 12.8 Å². The van der Waals surface area contributed by atoms with Crippen molar-refractivity contribution in [1.29, 1.82) is 0 Å². The Hall–Kier alpha value is -2.96. The molecule has 24 heavy (non-hydrogen) atoms. The molecule has 7 nitrogen and oxygen atoms in total. The zero-order chi connectivity index (χ0) is 16.7. The molecule has 0 spiro atoms. The van der Waals surface area contributed by atoms with Crippen LogP contribution >= 0.6 is 0 Å². The maximum Gasteiger partial charge on any atom is 0.259 e. The van der Waals surface area contributed by atoms with Gasteiger partial charge in [-0.05, 0) is 31.9 Å². The molecular formula is C17H16N4O3. The van der Waals surface area contributed by atoms with Crippen LogP contribution in [-0.2, 0) is 0 Å². The average molecular weight is 324 g/mol. The molecule has 3 heterocycles. The quantitative estimate of drug-likeness (QED) is 0.780. The molecule has 122 valence electrons. The first-order chi connectivity index (χ1) is 11.6. The molecule has 1 aromatic carbocycles. The summed E-state index contributed by atoms with van der Waals surface area (Å²) in [7, 11) is 0. The number of carbonyl (C=O) groups excluding carboxylic acids is 1. The van der Waals surface area contributed by atoms with Crippen molar-refractivity contribution >= 4 is 16.8 Å². The summed E-state index contributed by atoms with van der Waals surface area (Å²) in [6, 6.07) is 6.95. The number of rotatable bonds is 2. The third-order valence-electron chi connectivity index (χ3n) is 4.44. The van der Waals surface area contributed by atoms with Gasteiger partial charge in [-0.2, -0.15) is 0 Å². The summed E-state index contributed by atoms with van der Waals surface area (Å²) < 4.78 is 4.99. The molecule has 0 radical (unpaired) electrons. The standard InChI is InChI=1S/C17H16N4O3/c1-10-12(9-18-24-10)17(23)21-8-4-7-14(21)15-19-13-6-3-2-5-11(13)16(22)20-15/h2-3,5-6,9,14H,4,7-8H2,1H3,(H,19,20,22). The number of likely N-dealkylation sites (tertiary alicyclic amines) is 1. The van der Waals surface area contributed by atoms with Gasteiger partial charge in [0.15, 0.2) is 0 Å². The van der Waals surface area contributed by atoms with Gasteiger partial charge in [0, 0.05) is 6.54 Å². The molecule has 0 aliphatic carbocycles. The smallest absolute Gasteiger partial charge is 0.259 e. The number of nitrogens with one attached hydrogen (secondary N) is 1. The first-order valence-electron chi connectivity index (χ1n) is 7.86. The van der Waals surface area contributed by atoms with E-state index in [1.807, 2.05) is 6.07 Å². The van der Waals surface area contributed by atoms with E-state index in [1.165, 1.54) is 6.20 Å². The number of H-pyrrole nitrogens is 1. The van der Waals surface area contributed by atoms with Crippen LogP contribution in [0.1, 0.15) is 40.8 Å². The van der Waals surface area contributed by atoms with Crippen molar-refractivity contribution in [2.24, 2.45) is 0 Å². The third kappa shape index (κ3) is 2.29. The predicted molar refractivity (Wildman–Crippen MR) is 86.6 cm³/mol. The van der Waals surface area contributed by atoms with Gasteiger partial charge < -0.3 is 14.4 Å². The largest absolute Gasteiger partial charge is 0.361 e. The highest BCUT2D eigenvalue weighted by Gasteiger charge is 2.33. The predicted octanol–water partition coefficient (Wildman–Crippen LogP) is 2.20. The van der Waals surface area contributed by atoms with Gasteiger partial charge in [-0.15, -0.1) is 0 Å². The highest BCUT2D eigenvalue weighted by molar-refractivity contribution is 5.95. The van der Waals surface area contributed by atoms with Crippen molar-refractivity contribution in [3.63, 3.8) is 0 Å². The summed E-state index contributed by atoms with van der Waals surface area (Å²) in [5.74, 6) is 0.872. The van der Waals surface area contributed by atoms with Crippen LogP contribution in [-0.4, -0.2) is 32.5 Å². The molecule has 1 fully saturated rings. The molecule has 0 bridgehead atoms. The zero-order valence-corrected chi connectivity index (χ0v) is 13.2. The molecule has 1 atom stereocenters. The van der Waals surface area contributed by atoms with Crippen LogP contribution < -0.4 is 5.56 Å². The Morgan fingerprint density at radius 1 is 1.38 bits per heavy atom. The highest BCUT2D eigenvalue weighted by atomic mass is 16.5. The lowest BCUT2D eigenvalue weighted by Gasteiger charge is -2.23. The lowest BCUT2D eigenvalue weighted by molar-refractivity contribution is 0.0728. The van der Waals surface area contributed by atoms with Gasteiger partial charge in [0.25, 0.3) is 11.5 Å². The van der Waals surface area contributed by atoms with E-state index < -0.39 is 0 Å². The monoisotopic (exact) mass is 324 g/mol. The number of nitrogens with zero attached hydrogens (tertiary/aromatic N) is 3. The molecule has 2 aromatic heterocycles. The van der Waals surface area contributed by atoms with Gasteiger partial charge in [0.1, 0.15) is 17.1 Å². The molecule has 7 heteroatoms. The number of hydrogen-bond acceptors (Lipinski definition) is 5. The fourth-order valence-electron chi connectivity index (χ4n) is 3.22. The van der Waals surface area contributed by atoms with Crippen LogP contribution in [0.2, 0.25) is 0 Å². The van der Waals surface area contributed by atoms with E-state index in [1.54, 1.807) is 30.0 Å². The molecular weight excluding hydrogens is 308 g/mol. The van der Waals surface area contributed by atoms with Crippen LogP contribution in [0.5, 0.6) is 0 Å². The van der Waals surface area contributed by atoms with E-state index in [9.17, 15) is 9.59 Å². The molecule has 1 amide bonds. The normalized spacial score (nSPS) is 17.5. The molecule has 1 aliphatic heterocycles. The number of aromatic nitrogens is 3. The maximum atomic E-state index is 12.8. The minimum absolute atomic E-state index is 0.146. The number of amides is 1. The topological polar surface area (TPSA) is 92.1 Å². The van der Waals surface area contributed by atoms with Gasteiger partial charge in [0.05, 0.1) is 23.1 Å². The van der Waals surface area contributed by atoms with Gasteiger partial charge in [-0.25, -0.2) is 4.98 Å². The van der Waals surface area contributed by atoms with Gasteiger partial charge in [-0.1, -0.05) is 17.3 Å². The second kappa shape index (κ2) is 5.59. The first kappa shape index (κ1) is 14.6. The van der Waals surface area contributed by atoms with Crippen molar-refractivity contribution in [3.8, 4) is 0 Å². The van der Waals surface area contributed by atoms with Gasteiger partial charge in [0.2, 0.25) is 0 Å². The zero-order valence-electron chi connectivity index (χ0n) is 13.2. The summed E-state index contributed by atoms with van der Waals surface area (Å²) in [5.41, 5.74) is 0.901. The fraction of sp³-hybridized carbons (Fsp3) is 0.294. The van der Waals surface area contributed by atoms with E-state index in [4.69, 9.17) is 4.52 Å². The van der Waals surface area contributed by atoms with Gasteiger partial charge >= 0.3 is 0 Å². The SMILES string of the molecule is Cc1oncc1C(=O)N1CCCC1c1nc2ccccc2c(=O)[nH]1. The average Bonchev–Trinajstić information content (AvgIpc) is 3.23. The summed E-state index contributed by atoms with van der Waals surface area (Å²) in [6.45, 7) is 2.33. The third-order valence-corrected chi connectivity index (χ3v) is 4.44. The molecule has 1 unspecified atom stereocenters. The lowest BCUT2D eigenvalue weighted by Crippen LogP contribution is -2.32. The maximum absolute atomic E-state index is 12.8. The number of hydrogen-bond donors (Lipinski definition) is 1. The number of carbonyl (C=O) groups is 1.